The van der Waals surface area contributed by atoms with E-state index in [1.807, 2.05) is 60.7 Å². The van der Waals surface area contributed by atoms with Crippen molar-refractivity contribution in [1.82, 2.24) is 15.0 Å². The smallest absolute Gasteiger partial charge is 0.164 e. The molecular formula is C63H48N4. The van der Waals surface area contributed by atoms with Crippen molar-refractivity contribution in [2.24, 2.45) is 23.7 Å². The Bertz CT molecular complexity index is 3320. The Labute approximate surface area is 392 Å². The lowest BCUT2D eigenvalue weighted by molar-refractivity contribution is -0.0440. The van der Waals surface area contributed by atoms with Crippen molar-refractivity contribution in [3.8, 4) is 62.5 Å². The summed E-state index contributed by atoms with van der Waals surface area (Å²) in [5.41, 5.74) is 15.5. The molecule has 320 valence electrons. The van der Waals surface area contributed by atoms with Crippen LogP contribution in [0.5, 0.6) is 0 Å². The van der Waals surface area contributed by atoms with Crippen LogP contribution in [0.25, 0.3) is 56.4 Å². The van der Waals surface area contributed by atoms with E-state index >= 15 is 0 Å². The van der Waals surface area contributed by atoms with E-state index in [0.29, 0.717) is 34.9 Å². The summed E-state index contributed by atoms with van der Waals surface area (Å²) in [5.74, 6) is 4.68. The highest BCUT2D eigenvalue weighted by Crippen LogP contribution is 2.70. The minimum Gasteiger partial charge on any atom is -0.208 e. The van der Waals surface area contributed by atoms with Gasteiger partial charge in [-0.1, -0.05) is 182 Å². The summed E-state index contributed by atoms with van der Waals surface area (Å²) in [6.07, 6.45) is 6.65. The number of fused-ring (bicyclic) bond motifs is 2. The van der Waals surface area contributed by atoms with Crippen LogP contribution in [0.4, 0.5) is 0 Å². The fraction of sp³-hybridized carbons (Fsp3) is 0.175. The van der Waals surface area contributed by atoms with Crippen LogP contribution in [0.1, 0.15) is 71.0 Å². The Morgan fingerprint density at radius 2 is 0.836 bits per heavy atom. The van der Waals surface area contributed by atoms with Gasteiger partial charge >= 0.3 is 0 Å². The highest BCUT2D eigenvalue weighted by Gasteiger charge is 2.63. The van der Waals surface area contributed by atoms with Crippen LogP contribution in [0.15, 0.2) is 206 Å². The van der Waals surface area contributed by atoms with Crippen molar-refractivity contribution in [3.63, 3.8) is 0 Å². The molecule has 0 amide bonds. The van der Waals surface area contributed by atoms with Gasteiger partial charge in [-0.05, 0) is 136 Å². The molecule has 4 fully saturated rings. The molecule has 0 N–H and O–H groups in total. The second-order valence-corrected chi connectivity index (χ2v) is 19.5. The third-order valence-corrected chi connectivity index (χ3v) is 16.1. The second-order valence-electron chi connectivity index (χ2n) is 19.5. The molecule has 9 aromatic rings. The second kappa shape index (κ2) is 15.7. The van der Waals surface area contributed by atoms with Crippen LogP contribution in [0.3, 0.4) is 0 Å². The van der Waals surface area contributed by atoms with Gasteiger partial charge in [-0.25, -0.2) is 15.0 Å². The average Bonchev–Trinajstić information content (AvgIpc) is 3.40. The molecule has 67 heavy (non-hydrogen) atoms. The van der Waals surface area contributed by atoms with E-state index in [1.54, 1.807) is 5.56 Å². The quantitative estimate of drug-likeness (QED) is 0.160. The largest absolute Gasteiger partial charge is 0.208 e. The first-order valence-corrected chi connectivity index (χ1v) is 24.0. The third-order valence-electron chi connectivity index (χ3n) is 16.1. The summed E-state index contributed by atoms with van der Waals surface area (Å²) in [7, 11) is 0. The lowest BCUT2D eigenvalue weighted by Crippen LogP contribution is -2.59. The fourth-order valence-corrected chi connectivity index (χ4v) is 13.7. The number of aromatic nitrogens is 3. The Kier molecular flexibility index (Phi) is 9.29. The summed E-state index contributed by atoms with van der Waals surface area (Å²) in [6, 6.07) is 76.9. The van der Waals surface area contributed by atoms with Crippen molar-refractivity contribution >= 4 is 0 Å². The lowest BCUT2D eigenvalue weighted by Gasteiger charge is -2.65. The van der Waals surface area contributed by atoms with Crippen molar-refractivity contribution in [2.45, 2.75) is 42.9 Å². The molecule has 1 aromatic heterocycles. The molecule has 5 aliphatic rings. The van der Waals surface area contributed by atoms with Crippen LogP contribution in [0, 0.1) is 35.0 Å². The first-order valence-electron chi connectivity index (χ1n) is 24.0. The molecule has 1 spiro atoms. The van der Waals surface area contributed by atoms with Gasteiger partial charge in [-0.15, -0.1) is 0 Å². The predicted octanol–water partition coefficient (Wildman–Crippen LogP) is 14.5. The minimum atomic E-state index is -0.488. The van der Waals surface area contributed by atoms with Crippen molar-refractivity contribution in [2.75, 3.05) is 0 Å². The van der Waals surface area contributed by atoms with E-state index in [-0.39, 0.29) is 5.41 Å². The van der Waals surface area contributed by atoms with Crippen LogP contribution in [0.2, 0.25) is 0 Å². The molecule has 4 nitrogen and oxygen atoms in total. The van der Waals surface area contributed by atoms with Gasteiger partial charge in [0.1, 0.15) is 0 Å². The first-order chi connectivity index (χ1) is 33.1. The molecule has 4 heteroatoms. The van der Waals surface area contributed by atoms with Crippen LogP contribution < -0.4 is 0 Å². The van der Waals surface area contributed by atoms with Crippen LogP contribution >= 0.6 is 0 Å². The average molecular weight is 861 g/mol. The van der Waals surface area contributed by atoms with Gasteiger partial charge in [-0.2, -0.15) is 5.26 Å². The van der Waals surface area contributed by atoms with Crippen LogP contribution in [-0.2, 0) is 10.8 Å². The van der Waals surface area contributed by atoms with E-state index in [2.05, 4.69) is 152 Å². The van der Waals surface area contributed by atoms with Crippen molar-refractivity contribution in [1.29, 1.82) is 5.26 Å². The molecule has 0 atom stereocenters. The van der Waals surface area contributed by atoms with Gasteiger partial charge < -0.3 is 0 Å². The summed E-state index contributed by atoms with van der Waals surface area (Å²) in [6.45, 7) is 0. The van der Waals surface area contributed by atoms with E-state index in [1.165, 1.54) is 65.5 Å². The lowest BCUT2D eigenvalue weighted by atomic mass is 9.38. The van der Waals surface area contributed by atoms with E-state index in [4.69, 9.17) is 15.0 Å². The van der Waals surface area contributed by atoms with Crippen molar-refractivity contribution < 1.29 is 0 Å². The number of rotatable bonds is 7. The molecular weight excluding hydrogens is 813 g/mol. The molecule has 4 saturated carbocycles. The highest BCUT2D eigenvalue weighted by molar-refractivity contribution is 5.79. The number of hydrogen-bond acceptors (Lipinski definition) is 4. The summed E-state index contributed by atoms with van der Waals surface area (Å²) in [5, 5.41) is 9.94. The number of nitriles is 1. The molecule has 5 aliphatic carbocycles. The zero-order valence-electron chi connectivity index (χ0n) is 37.3. The number of hydrogen-bond donors (Lipinski definition) is 0. The Hall–Kier alpha value is -7.74. The van der Waals surface area contributed by atoms with E-state index in [9.17, 15) is 5.26 Å². The predicted molar refractivity (Wildman–Crippen MR) is 268 cm³/mol. The topological polar surface area (TPSA) is 62.5 Å². The van der Waals surface area contributed by atoms with Crippen molar-refractivity contribution in [3.05, 3.63) is 245 Å². The van der Waals surface area contributed by atoms with Gasteiger partial charge in [0.15, 0.2) is 17.5 Å². The molecule has 0 aliphatic heterocycles. The normalized spacial score (nSPS) is 21.6. The Morgan fingerprint density at radius 1 is 0.373 bits per heavy atom. The molecule has 14 rings (SSSR count). The van der Waals surface area contributed by atoms with Gasteiger partial charge in [0, 0.05) is 22.1 Å². The maximum absolute atomic E-state index is 9.94. The van der Waals surface area contributed by atoms with Gasteiger partial charge in [0.2, 0.25) is 0 Å². The molecule has 0 saturated heterocycles. The summed E-state index contributed by atoms with van der Waals surface area (Å²) < 4.78 is 0. The van der Waals surface area contributed by atoms with E-state index in [0.717, 1.165) is 45.2 Å². The monoisotopic (exact) mass is 860 g/mol. The van der Waals surface area contributed by atoms with Gasteiger partial charge in [0.25, 0.3) is 0 Å². The molecule has 1 heterocycles. The maximum Gasteiger partial charge on any atom is 0.164 e. The molecule has 0 radical (unpaired) electrons. The standard InChI is InChI=1S/C63H48N4/c64-40-49-18-10-11-27-54(49)46-20-15-22-48(38-46)61-66-59(43-16-4-1-5-17-43)65-60(67-61)47-21-14-19-44(37-47)45-30-31-57-58(39-45)63(52-33-41-32-42(35-52)36-53(63)34-41)56-29-13-12-28-55(56)62(57,50-23-6-2-7-24-50)51-25-8-3-9-26-51/h1-31,37-39,41-42,52-53H,32-36H2. The fourth-order valence-electron chi connectivity index (χ4n) is 13.7. The van der Waals surface area contributed by atoms with E-state index < -0.39 is 5.41 Å². The third kappa shape index (κ3) is 6.14. The SMILES string of the molecule is N#Cc1ccccc1-c1cccc(-c2nc(-c3ccccc3)nc(-c3cccc(-c4ccc5c(c4)C4(c6ccccc6C5(c5ccccc5)c5ccccc5)C5CC6CC(C5)CC4C6)c3)n2)c1. The summed E-state index contributed by atoms with van der Waals surface area (Å²) >= 11 is 0. The highest BCUT2D eigenvalue weighted by atomic mass is 15.0. The Balaban J connectivity index is 1.00. The minimum absolute atomic E-state index is 0.0734. The summed E-state index contributed by atoms with van der Waals surface area (Å²) in [4.78, 5) is 15.5. The van der Waals surface area contributed by atoms with Gasteiger partial charge in [-0.3, -0.25) is 0 Å². The number of nitrogens with zero attached hydrogens (tertiary/aromatic N) is 4. The molecule has 0 unspecified atom stereocenters. The maximum atomic E-state index is 9.94. The van der Waals surface area contributed by atoms with Crippen LogP contribution in [-0.4, -0.2) is 15.0 Å². The zero-order chi connectivity index (χ0) is 44.5. The first kappa shape index (κ1) is 39.6. The zero-order valence-corrected chi connectivity index (χ0v) is 37.3. The molecule has 8 aromatic carbocycles. The van der Waals surface area contributed by atoms with Gasteiger partial charge in [0.05, 0.1) is 17.0 Å². The molecule has 4 bridgehead atoms. The Morgan fingerprint density at radius 3 is 1.46 bits per heavy atom. The number of benzene rings is 8.